The van der Waals surface area contributed by atoms with Gasteiger partial charge in [-0.1, -0.05) is 0 Å². The summed E-state index contributed by atoms with van der Waals surface area (Å²) in [6.07, 6.45) is 1.88. The van der Waals surface area contributed by atoms with Crippen LogP contribution in [0.25, 0.3) is 0 Å². The maximum Gasteiger partial charge on any atom is 0.224 e. The Labute approximate surface area is 124 Å². The Bertz CT molecular complexity index is 685. The zero-order valence-corrected chi connectivity index (χ0v) is 12.5. The highest BCUT2D eigenvalue weighted by Crippen LogP contribution is 2.31. The van der Waals surface area contributed by atoms with Gasteiger partial charge in [0, 0.05) is 18.7 Å². The van der Waals surface area contributed by atoms with E-state index in [0.717, 1.165) is 16.9 Å². The van der Waals surface area contributed by atoms with E-state index in [2.05, 4.69) is 10.6 Å². The molecule has 0 aromatic heterocycles. The molecule has 1 aromatic rings. The number of nitrogens with two attached hydrogens (primary N) is 1. The Morgan fingerprint density at radius 3 is 2.86 bits per heavy atom. The number of benzene rings is 1. The summed E-state index contributed by atoms with van der Waals surface area (Å²) in [5.41, 5.74) is 9.24. The van der Waals surface area contributed by atoms with E-state index < -0.39 is 9.84 Å². The number of fused-ring (bicyclic) bond motifs is 1. The Morgan fingerprint density at radius 2 is 2.14 bits per heavy atom. The fourth-order valence-corrected chi connectivity index (χ4v) is 4.75. The predicted molar refractivity (Wildman–Crippen MR) is 83.1 cm³/mol. The van der Waals surface area contributed by atoms with E-state index in [0.29, 0.717) is 31.5 Å². The summed E-state index contributed by atoms with van der Waals surface area (Å²) < 4.78 is 22.9. The van der Waals surface area contributed by atoms with Crippen LogP contribution < -0.4 is 16.4 Å². The van der Waals surface area contributed by atoms with Crippen molar-refractivity contribution in [3.63, 3.8) is 0 Å². The van der Waals surface area contributed by atoms with Crippen LogP contribution in [0.1, 0.15) is 18.4 Å². The van der Waals surface area contributed by atoms with Gasteiger partial charge in [0.05, 0.1) is 22.9 Å². The zero-order chi connectivity index (χ0) is 15.0. The largest absolute Gasteiger partial charge is 0.397 e. The number of hydrogen-bond donors (Lipinski definition) is 3. The molecule has 7 heteroatoms. The average molecular weight is 309 g/mol. The van der Waals surface area contributed by atoms with Crippen molar-refractivity contribution < 1.29 is 13.2 Å². The molecule has 1 atom stereocenters. The van der Waals surface area contributed by atoms with E-state index in [9.17, 15) is 13.2 Å². The van der Waals surface area contributed by atoms with Crippen LogP contribution in [-0.4, -0.2) is 32.4 Å². The van der Waals surface area contributed by atoms with Crippen molar-refractivity contribution >= 4 is 32.8 Å². The number of anilines is 3. The summed E-state index contributed by atoms with van der Waals surface area (Å²) in [6.45, 7) is 0.580. The highest BCUT2D eigenvalue weighted by molar-refractivity contribution is 7.91. The van der Waals surface area contributed by atoms with Gasteiger partial charge in [-0.2, -0.15) is 0 Å². The average Bonchev–Trinajstić information content (AvgIpc) is 2.76. The number of aryl methyl sites for hydroxylation is 1. The van der Waals surface area contributed by atoms with E-state index in [1.165, 1.54) is 0 Å². The first-order chi connectivity index (χ1) is 9.93. The second-order valence-corrected chi connectivity index (χ2v) is 8.02. The van der Waals surface area contributed by atoms with E-state index in [1.54, 1.807) is 0 Å². The number of amides is 1. The Morgan fingerprint density at radius 1 is 1.33 bits per heavy atom. The third-order valence-electron chi connectivity index (χ3n) is 4.08. The number of hydrogen-bond acceptors (Lipinski definition) is 5. The van der Waals surface area contributed by atoms with E-state index in [1.807, 2.05) is 12.1 Å². The minimum absolute atomic E-state index is 0.0140. The van der Waals surface area contributed by atoms with Crippen molar-refractivity contribution in [2.24, 2.45) is 5.92 Å². The summed E-state index contributed by atoms with van der Waals surface area (Å²) >= 11 is 0. The minimum Gasteiger partial charge on any atom is -0.397 e. The lowest BCUT2D eigenvalue weighted by atomic mass is 10.0. The number of carbonyl (C=O) groups excluding carboxylic acids is 1. The number of rotatable bonds is 3. The lowest BCUT2D eigenvalue weighted by Gasteiger charge is -2.20. The molecule has 1 unspecified atom stereocenters. The van der Waals surface area contributed by atoms with Gasteiger partial charge in [0.25, 0.3) is 0 Å². The van der Waals surface area contributed by atoms with Gasteiger partial charge in [-0.05, 0) is 36.5 Å². The van der Waals surface area contributed by atoms with Crippen LogP contribution in [-0.2, 0) is 21.1 Å². The monoisotopic (exact) mass is 309 g/mol. The first-order valence-electron chi connectivity index (χ1n) is 7.09. The molecule has 114 valence electrons. The molecule has 1 fully saturated rings. The number of nitrogens with one attached hydrogen (secondary N) is 2. The topological polar surface area (TPSA) is 101 Å². The standard InChI is InChI=1S/C14H19N3O3S/c15-11-5-10-1-2-14(18)17-12(10)6-13(11)16-7-9-3-4-21(19,20)8-9/h5-6,9,16H,1-4,7-8,15H2,(H,17,18). The van der Waals surface area contributed by atoms with Gasteiger partial charge in [0.15, 0.2) is 9.84 Å². The molecule has 1 amide bonds. The van der Waals surface area contributed by atoms with Crippen molar-refractivity contribution in [3.8, 4) is 0 Å². The quantitative estimate of drug-likeness (QED) is 0.723. The van der Waals surface area contributed by atoms with Gasteiger partial charge < -0.3 is 16.4 Å². The fraction of sp³-hybridized carbons (Fsp3) is 0.500. The molecule has 1 aromatic carbocycles. The van der Waals surface area contributed by atoms with E-state index in [4.69, 9.17) is 5.73 Å². The van der Waals surface area contributed by atoms with Crippen LogP contribution in [0.2, 0.25) is 0 Å². The van der Waals surface area contributed by atoms with Gasteiger partial charge in [0.1, 0.15) is 0 Å². The van der Waals surface area contributed by atoms with Crippen molar-refractivity contribution in [2.75, 3.05) is 34.4 Å². The van der Waals surface area contributed by atoms with Crippen LogP contribution in [0.5, 0.6) is 0 Å². The summed E-state index contributed by atoms with van der Waals surface area (Å²) in [4.78, 5) is 11.4. The molecule has 2 aliphatic rings. The second-order valence-electron chi connectivity index (χ2n) is 5.79. The molecule has 0 bridgehead atoms. The first kappa shape index (κ1) is 14.2. The van der Waals surface area contributed by atoms with Gasteiger partial charge in [-0.25, -0.2) is 8.42 Å². The summed E-state index contributed by atoms with van der Waals surface area (Å²) in [7, 11) is -2.86. The molecule has 0 saturated carbocycles. The summed E-state index contributed by atoms with van der Waals surface area (Å²) in [6, 6.07) is 3.72. The Hall–Kier alpha value is -1.76. The van der Waals surface area contributed by atoms with Gasteiger partial charge in [0.2, 0.25) is 5.91 Å². The number of nitrogen functional groups attached to an aromatic ring is 1. The van der Waals surface area contributed by atoms with E-state index >= 15 is 0 Å². The molecule has 3 rings (SSSR count). The molecule has 6 nitrogen and oxygen atoms in total. The fourth-order valence-electron chi connectivity index (χ4n) is 2.89. The van der Waals surface area contributed by atoms with Crippen LogP contribution in [0.15, 0.2) is 12.1 Å². The third kappa shape index (κ3) is 3.12. The van der Waals surface area contributed by atoms with Gasteiger partial charge in [-0.15, -0.1) is 0 Å². The molecule has 4 N–H and O–H groups in total. The first-order valence-corrected chi connectivity index (χ1v) is 8.91. The molecule has 1 saturated heterocycles. The van der Waals surface area contributed by atoms with Gasteiger partial charge >= 0.3 is 0 Å². The zero-order valence-electron chi connectivity index (χ0n) is 11.7. The Kier molecular flexibility index (Phi) is 3.52. The Balaban J connectivity index is 1.71. The molecular weight excluding hydrogens is 290 g/mol. The van der Waals surface area contributed by atoms with Crippen LogP contribution in [0.3, 0.4) is 0 Å². The number of carbonyl (C=O) groups is 1. The predicted octanol–water partition coefficient (Wildman–Crippen LogP) is 1.00. The van der Waals surface area contributed by atoms with Crippen molar-refractivity contribution in [1.29, 1.82) is 0 Å². The summed E-state index contributed by atoms with van der Waals surface area (Å²) in [5, 5.41) is 6.06. The van der Waals surface area contributed by atoms with Crippen molar-refractivity contribution in [2.45, 2.75) is 19.3 Å². The smallest absolute Gasteiger partial charge is 0.224 e. The second kappa shape index (κ2) is 5.22. The molecule has 0 spiro atoms. The third-order valence-corrected chi connectivity index (χ3v) is 5.92. The van der Waals surface area contributed by atoms with Crippen molar-refractivity contribution in [1.82, 2.24) is 0 Å². The molecule has 0 aliphatic carbocycles. The molecule has 2 heterocycles. The molecular formula is C14H19N3O3S. The highest BCUT2D eigenvalue weighted by Gasteiger charge is 2.27. The molecule has 21 heavy (non-hydrogen) atoms. The lowest BCUT2D eigenvalue weighted by molar-refractivity contribution is -0.116. The maximum absolute atomic E-state index is 11.4. The van der Waals surface area contributed by atoms with Crippen LogP contribution >= 0.6 is 0 Å². The number of sulfone groups is 1. The molecule has 2 aliphatic heterocycles. The lowest BCUT2D eigenvalue weighted by Crippen LogP contribution is -2.20. The maximum atomic E-state index is 11.4. The normalized spacial score (nSPS) is 23.4. The SMILES string of the molecule is Nc1cc2c(cc1NCC1CCS(=O)(=O)C1)NC(=O)CC2. The van der Waals surface area contributed by atoms with E-state index in [-0.39, 0.29) is 23.3 Å². The minimum atomic E-state index is -2.86. The van der Waals surface area contributed by atoms with Crippen LogP contribution in [0, 0.1) is 5.92 Å². The van der Waals surface area contributed by atoms with Gasteiger partial charge in [-0.3, -0.25) is 4.79 Å². The van der Waals surface area contributed by atoms with Crippen LogP contribution in [0.4, 0.5) is 17.1 Å². The highest BCUT2D eigenvalue weighted by atomic mass is 32.2. The molecule has 0 radical (unpaired) electrons. The summed E-state index contributed by atoms with van der Waals surface area (Å²) in [5.74, 6) is 0.650. The van der Waals surface area contributed by atoms with Crippen molar-refractivity contribution in [3.05, 3.63) is 17.7 Å².